The number of ether oxygens (including phenoxy) is 1. The molecule has 0 spiro atoms. The molecule has 146 valence electrons. The number of hydrogen-bond acceptors (Lipinski definition) is 6. The second-order valence-corrected chi connectivity index (χ2v) is 6.55. The van der Waals surface area contributed by atoms with Gasteiger partial charge >= 0.3 is 0 Å². The van der Waals surface area contributed by atoms with Gasteiger partial charge in [0, 0.05) is 31.3 Å². The van der Waals surface area contributed by atoms with E-state index in [1.54, 1.807) is 12.1 Å². The molecule has 1 heterocycles. The van der Waals surface area contributed by atoms with Crippen molar-refractivity contribution in [2.24, 2.45) is 5.10 Å². The summed E-state index contributed by atoms with van der Waals surface area (Å²) in [5.74, 6) is 0. The van der Waals surface area contributed by atoms with E-state index in [9.17, 15) is 10.1 Å². The van der Waals surface area contributed by atoms with E-state index in [1.165, 1.54) is 12.3 Å². The van der Waals surface area contributed by atoms with E-state index in [1.807, 2.05) is 35.2 Å². The third kappa shape index (κ3) is 5.48. The molecule has 0 amide bonds. The lowest BCUT2D eigenvalue weighted by atomic mass is 10.1. The first-order chi connectivity index (χ1) is 13.6. The van der Waals surface area contributed by atoms with Crippen LogP contribution < -0.4 is 15.6 Å². The van der Waals surface area contributed by atoms with Crippen LogP contribution in [-0.4, -0.2) is 42.6 Å². The lowest BCUT2D eigenvalue weighted by molar-refractivity contribution is -0.384. The largest absolute Gasteiger partial charge is 0.378 e. The Balaban J connectivity index is 1.59. The molecule has 0 aromatic heterocycles. The quantitative estimate of drug-likeness (QED) is 0.334. The Morgan fingerprint density at radius 1 is 1.25 bits per heavy atom. The molecular formula is C19H21N5O3S. The van der Waals surface area contributed by atoms with Crippen LogP contribution in [0.15, 0.2) is 53.6 Å². The van der Waals surface area contributed by atoms with Crippen LogP contribution in [-0.2, 0) is 11.3 Å². The van der Waals surface area contributed by atoms with Crippen molar-refractivity contribution in [3.63, 3.8) is 0 Å². The molecule has 0 radical (unpaired) electrons. The van der Waals surface area contributed by atoms with Crippen molar-refractivity contribution in [3.05, 3.63) is 69.8 Å². The minimum absolute atomic E-state index is 0.0515. The fourth-order valence-corrected chi connectivity index (χ4v) is 2.95. The summed E-state index contributed by atoms with van der Waals surface area (Å²) in [7, 11) is 0. The van der Waals surface area contributed by atoms with Crippen LogP contribution in [0, 0.1) is 10.1 Å². The SMILES string of the molecule is O=[N+]([O-])c1cc(/C=N\NC(=S)NCc2ccccc2)ccc1N1CCOCC1. The van der Waals surface area contributed by atoms with Gasteiger partial charge in [0.2, 0.25) is 0 Å². The van der Waals surface area contributed by atoms with Crippen molar-refractivity contribution in [2.45, 2.75) is 6.54 Å². The monoisotopic (exact) mass is 399 g/mol. The van der Waals surface area contributed by atoms with E-state index < -0.39 is 0 Å². The predicted molar refractivity (Wildman–Crippen MR) is 113 cm³/mol. The van der Waals surface area contributed by atoms with Gasteiger partial charge in [-0.15, -0.1) is 0 Å². The van der Waals surface area contributed by atoms with Crippen molar-refractivity contribution < 1.29 is 9.66 Å². The van der Waals surface area contributed by atoms with E-state index in [0.29, 0.717) is 49.2 Å². The molecular weight excluding hydrogens is 378 g/mol. The van der Waals surface area contributed by atoms with E-state index in [4.69, 9.17) is 17.0 Å². The van der Waals surface area contributed by atoms with Gasteiger partial charge in [-0.05, 0) is 23.8 Å². The highest BCUT2D eigenvalue weighted by Crippen LogP contribution is 2.29. The molecule has 0 unspecified atom stereocenters. The van der Waals surface area contributed by atoms with E-state index in [-0.39, 0.29) is 10.6 Å². The van der Waals surface area contributed by atoms with Gasteiger partial charge in [-0.25, -0.2) is 0 Å². The molecule has 0 bridgehead atoms. The van der Waals surface area contributed by atoms with Gasteiger partial charge in [-0.1, -0.05) is 36.4 Å². The number of nitro groups is 1. The molecule has 2 aromatic rings. The van der Waals surface area contributed by atoms with Gasteiger partial charge in [0.25, 0.3) is 5.69 Å². The van der Waals surface area contributed by atoms with Gasteiger partial charge in [-0.3, -0.25) is 15.5 Å². The zero-order valence-corrected chi connectivity index (χ0v) is 16.0. The molecule has 9 heteroatoms. The Hall–Kier alpha value is -3.04. The fraction of sp³-hybridized carbons (Fsp3) is 0.263. The zero-order valence-electron chi connectivity index (χ0n) is 15.2. The molecule has 0 saturated carbocycles. The van der Waals surface area contributed by atoms with Gasteiger partial charge in [0.05, 0.1) is 24.4 Å². The number of morpholine rings is 1. The summed E-state index contributed by atoms with van der Waals surface area (Å²) in [5, 5.41) is 19.0. The van der Waals surface area contributed by atoms with Crippen LogP contribution in [0.5, 0.6) is 0 Å². The highest BCUT2D eigenvalue weighted by atomic mass is 32.1. The Labute approximate surface area is 168 Å². The minimum atomic E-state index is -0.373. The normalized spacial score (nSPS) is 14.1. The van der Waals surface area contributed by atoms with Crippen LogP contribution in [0.4, 0.5) is 11.4 Å². The molecule has 28 heavy (non-hydrogen) atoms. The maximum Gasteiger partial charge on any atom is 0.293 e. The smallest absolute Gasteiger partial charge is 0.293 e. The fourth-order valence-electron chi connectivity index (χ4n) is 2.82. The van der Waals surface area contributed by atoms with Gasteiger partial charge in [0.15, 0.2) is 5.11 Å². The van der Waals surface area contributed by atoms with Gasteiger partial charge in [0.1, 0.15) is 5.69 Å². The minimum Gasteiger partial charge on any atom is -0.378 e. The summed E-state index contributed by atoms with van der Waals surface area (Å²) in [4.78, 5) is 13.1. The zero-order chi connectivity index (χ0) is 19.8. The van der Waals surface area contributed by atoms with Crippen LogP contribution in [0.1, 0.15) is 11.1 Å². The number of thiocarbonyl (C=S) groups is 1. The number of hydrogen-bond donors (Lipinski definition) is 2. The lowest BCUT2D eigenvalue weighted by Crippen LogP contribution is -2.36. The average molecular weight is 399 g/mol. The first-order valence-electron chi connectivity index (χ1n) is 8.85. The topological polar surface area (TPSA) is 92.0 Å². The molecule has 2 aromatic carbocycles. The molecule has 2 N–H and O–H groups in total. The summed E-state index contributed by atoms with van der Waals surface area (Å²) in [6.45, 7) is 2.99. The molecule has 1 aliphatic rings. The summed E-state index contributed by atoms with van der Waals surface area (Å²) in [5.41, 5.74) is 5.08. The maximum absolute atomic E-state index is 11.5. The summed E-state index contributed by atoms with van der Waals surface area (Å²) in [6.07, 6.45) is 1.51. The highest BCUT2D eigenvalue weighted by molar-refractivity contribution is 7.80. The van der Waals surface area contributed by atoms with Gasteiger partial charge < -0.3 is 15.0 Å². The highest BCUT2D eigenvalue weighted by Gasteiger charge is 2.21. The third-order valence-corrected chi connectivity index (χ3v) is 4.46. The van der Waals surface area contributed by atoms with E-state index in [2.05, 4.69) is 15.8 Å². The predicted octanol–water partition coefficient (Wildman–Crippen LogP) is 2.43. The van der Waals surface area contributed by atoms with Crippen molar-refractivity contribution in [1.82, 2.24) is 10.7 Å². The van der Waals surface area contributed by atoms with Crippen LogP contribution in [0.2, 0.25) is 0 Å². The van der Waals surface area contributed by atoms with Crippen molar-refractivity contribution in [3.8, 4) is 0 Å². The third-order valence-electron chi connectivity index (χ3n) is 4.22. The Morgan fingerprint density at radius 3 is 2.71 bits per heavy atom. The Morgan fingerprint density at radius 2 is 2.00 bits per heavy atom. The molecule has 1 aliphatic heterocycles. The Bertz CT molecular complexity index is 854. The standard InChI is InChI=1S/C19H21N5O3S/c25-24(26)18-12-16(6-7-17(18)23-8-10-27-11-9-23)14-21-22-19(28)20-13-15-4-2-1-3-5-15/h1-7,12,14H,8-11,13H2,(H2,20,22,28)/b21-14-. The molecule has 1 saturated heterocycles. The van der Waals surface area contributed by atoms with Crippen LogP contribution >= 0.6 is 12.2 Å². The Kier molecular flexibility index (Phi) is 6.88. The number of nitro benzene ring substituents is 1. The number of anilines is 1. The molecule has 0 atom stereocenters. The number of nitrogens with zero attached hydrogens (tertiary/aromatic N) is 3. The van der Waals surface area contributed by atoms with Crippen molar-refractivity contribution in [2.75, 3.05) is 31.2 Å². The number of benzene rings is 2. The molecule has 0 aliphatic carbocycles. The second-order valence-electron chi connectivity index (χ2n) is 6.14. The van der Waals surface area contributed by atoms with Crippen molar-refractivity contribution >= 4 is 34.9 Å². The van der Waals surface area contributed by atoms with Crippen LogP contribution in [0.25, 0.3) is 0 Å². The summed E-state index contributed by atoms with van der Waals surface area (Å²) in [6, 6.07) is 14.9. The molecule has 3 rings (SSSR count). The van der Waals surface area contributed by atoms with Gasteiger partial charge in [-0.2, -0.15) is 5.10 Å². The lowest BCUT2D eigenvalue weighted by Gasteiger charge is -2.28. The summed E-state index contributed by atoms with van der Waals surface area (Å²) < 4.78 is 5.31. The number of hydrazone groups is 1. The first kappa shape index (κ1) is 19.7. The average Bonchev–Trinajstić information content (AvgIpc) is 2.73. The summed E-state index contributed by atoms with van der Waals surface area (Å²) >= 11 is 5.18. The number of rotatable bonds is 6. The molecule has 1 fully saturated rings. The first-order valence-corrected chi connectivity index (χ1v) is 9.26. The van der Waals surface area contributed by atoms with E-state index >= 15 is 0 Å². The van der Waals surface area contributed by atoms with Crippen LogP contribution in [0.3, 0.4) is 0 Å². The second kappa shape index (κ2) is 9.77. The van der Waals surface area contributed by atoms with Crippen molar-refractivity contribution in [1.29, 1.82) is 0 Å². The maximum atomic E-state index is 11.5. The molecule has 8 nitrogen and oxygen atoms in total. The number of nitrogens with one attached hydrogen (secondary N) is 2. The van der Waals surface area contributed by atoms with E-state index in [0.717, 1.165) is 5.56 Å².